The lowest BCUT2D eigenvalue weighted by Gasteiger charge is -2.13. The summed E-state index contributed by atoms with van der Waals surface area (Å²) in [6.07, 6.45) is 2.01. The summed E-state index contributed by atoms with van der Waals surface area (Å²) in [6.45, 7) is 8.20. The van der Waals surface area contributed by atoms with Crippen molar-refractivity contribution in [2.24, 2.45) is 0 Å². The number of ether oxygens (including phenoxy) is 2. The molecule has 0 amide bonds. The van der Waals surface area contributed by atoms with E-state index in [2.05, 4.69) is 74.5 Å². The summed E-state index contributed by atoms with van der Waals surface area (Å²) in [4.78, 5) is 3.49. The van der Waals surface area contributed by atoms with Gasteiger partial charge in [0, 0.05) is 12.1 Å². The van der Waals surface area contributed by atoms with Gasteiger partial charge in [-0.15, -0.1) is 0 Å². The molecule has 0 atom stereocenters. The van der Waals surface area contributed by atoms with E-state index in [-0.39, 0.29) is 10.9 Å². The second-order valence-corrected chi connectivity index (χ2v) is 11.9. The summed E-state index contributed by atoms with van der Waals surface area (Å²) < 4.78 is 12.2. The Morgan fingerprint density at radius 3 is 1.15 bits per heavy atom. The lowest BCUT2D eigenvalue weighted by atomic mass is 10.1. The van der Waals surface area contributed by atoms with Crippen LogP contribution < -0.4 is 9.47 Å². The Balaban J connectivity index is 1.44. The number of hydrogen-bond acceptors (Lipinski definition) is 3. The quantitative estimate of drug-likeness (QED) is 0.187. The zero-order valence-corrected chi connectivity index (χ0v) is 24.3. The van der Waals surface area contributed by atoms with Gasteiger partial charge in [-0.2, -0.15) is 0 Å². The Morgan fingerprint density at radius 2 is 0.825 bits per heavy atom. The molecule has 0 aromatic heterocycles. The van der Waals surface area contributed by atoms with Gasteiger partial charge >= 0.3 is 0 Å². The van der Waals surface area contributed by atoms with Crippen LogP contribution in [0.25, 0.3) is 0 Å². The first-order chi connectivity index (χ1) is 19.4. The number of benzene rings is 5. The van der Waals surface area contributed by atoms with Crippen LogP contribution in [0.5, 0.6) is 28.7 Å². The molecule has 0 saturated heterocycles. The first kappa shape index (κ1) is 27.4. The predicted molar refractivity (Wildman–Crippen MR) is 164 cm³/mol. The van der Waals surface area contributed by atoms with Crippen LogP contribution in [0.15, 0.2) is 124 Å². The molecule has 40 heavy (non-hydrogen) atoms. The molecule has 5 aromatic rings. The van der Waals surface area contributed by atoms with Crippen molar-refractivity contribution in [3.8, 4) is 28.7 Å². The van der Waals surface area contributed by atoms with Crippen LogP contribution in [0.4, 0.5) is 0 Å². The van der Waals surface area contributed by atoms with Crippen molar-refractivity contribution in [2.75, 3.05) is 0 Å². The van der Waals surface area contributed by atoms with E-state index < -0.39 is 0 Å². The van der Waals surface area contributed by atoms with Gasteiger partial charge in [0.25, 0.3) is 0 Å². The molecule has 0 radical (unpaired) electrons. The molecule has 1 N–H and O–H groups in total. The van der Waals surface area contributed by atoms with Crippen LogP contribution >= 0.6 is 0 Å². The van der Waals surface area contributed by atoms with Gasteiger partial charge in [-0.25, -0.2) is 0 Å². The zero-order valence-electron chi connectivity index (χ0n) is 23.5. The topological polar surface area (TPSA) is 38.7 Å². The summed E-state index contributed by atoms with van der Waals surface area (Å²) in [5.41, 5.74) is 4.33. The average Bonchev–Trinajstić information content (AvgIpc) is 2.98. The van der Waals surface area contributed by atoms with Crippen molar-refractivity contribution in [2.45, 2.75) is 55.2 Å². The lowest BCUT2D eigenvalue weighted by molar-refractivity contribution is 0.466. The minimum atomic E-state index is -0.384. The fourth-order valence-electron chi connectivity index (χ4n) is 4.59. The molecule has 0 saturated carbocycles. The van der Waals surface area contributed by atoms with Gasteiger partial charge in [-0.05, 0) is 122 Å². The van der Waals surface area contributed by atoms with E-state index >= 15 is 0 Å². The first-order valence-electron chi connectivity index (χ1n) is 13.7. The Labute approximate surface area is 240 Å². The monoisotopic (exact) mass is 547 g/mol. The van der Waals surface area contributed by atoms with Crippen molar-refractivity contribution in [3.63, 3.8) is 0 Å². The summed E-state index contributed by atoms with van der Waals surface area (Å²) in [5, 5.41) is 10.4. The van der Waals surface area contributed by atoms with E-state index in [1.807, 2.05) is 62.4 Å². The highest BCUT2D eigenvalue weighted by molar-refractivity contribution is 7.97. The Kier molecular flexibility index (Phi) is 8.47. The minimum Gasteiger partial charge on any atom is -0.507 e. The van der Waals surface area contributed by atoms with Crippen LogP contribution in [0.3, 0.4) is 0 Å². The Hall–Kier alpha value is -4.15. The maximum atomic E-state index is 10.4. The molecule has 3 nitrogen and oxygen atoms in total. The molecule has 0 unspecified atom stereocenters. The van der Waals surface area contributed by atoms with Crippen LogP contribution in [0.2, 0.25) is 0 Å². The van der Waals surface area contributed by atoms with Gasteiger partial charge < -0.3 is 14.6 Å². The summed E-state index contributed by atoms with van der Waals surface area (Å²) in [7, 11) is -0.384. The predicted octanol–water partition coefficient (Wildman–Crippen LogP) is 9.81. The van der Waals surface area contributed by atoms with E-state index in [4.69, 9.17) is 9.47 Å². The summed E-state index contributed by atoms with van der Waals surface area (Å²) in [5.74, 6) is 3.60. The summed E-state index contributed by atoms with van der Waals surface area (Å²) >= 11 is 0. The van der Waals surface area contributed by atoms with Crippen molar-refractivity contribution in [1.82, 2.24) is 0 Å². The molecule has 4 heteroatoms. The van der Waals surface area contributed by atoms with Crippen LogP contribution in [0, 0.1) is 13.8 Å². The molecular formula is C36H35O3S+. The number of aromatic hydroxyl groups is 1. The molecular weight excluding hydrogens is 512 g/mol. The number of phenols is 1. The van der Waals surface area contributed by atoms with Crippen LogP contribution in [-0.2, 0) is 23.7 Å². The SMILES string of the molecule is CCc1ccc(Oc2ccc([S+](c3ccc(Oc4ccc(CC)cc4)cc3)c3cc(C)c(O)c(C)c3)cc2)cc1. The lowest BCUT2D eigenvalue weighted by Crippen LogP contribution is -2.06. The minimum absolute atomic E-state index is 0.350. The fourth-order valence-corrected chi connectivity index (χ4v) is 6.81. The highest BCUT2D eigenvalue weighted by Gasteiger charge is 2.30. The van der Waals surface area contributed by atoms with Gasteiger partial charge in [0.1, 0.15) is 28.7 Å². The third kappa shape index (κ3) is 6.35. The molecule has 5 aromatic carbocycles. The first-order valence-corrected chi connectivity index (χ1v) is 14.9. The van der Waals surface area contributed by atoms with E-state index in [1.54, 1.807) is 0 Å². The number of hydrogen-bond donors (Lipinski definition) is 1. The maximum Gasteiger partial charge on any atom is 0.167 e. The highest BCUT2D eigenvalue weighted by Crippen LogP contribution is 2.37. The van der Waals surface area contributed by atoms with Crippen LogP contribution in [0.1, 0.15) is 36.1 Å². The largest absolute Gasteiger partial charge is 0.507 e. The standard InChI is InChI=1S/C36H34O3S/c1-5-27-7-11-29(12-8-27)38-31-15-19-33(20-16-31)40(35-23-25(3)36(37)26(4)24-35)34-21-17-32(18-22-34)39-30-13-9-28(6-2)10-14-30/h7-24H,5-6H2,1-4H3/p+1. The molecule has 0 bridgehead atoms. The van der Waals surface area contributed by atoms with Crippen molar-refractivity contribution in [1.29, 1.82) is 0 Å². The van der Waals surface area contributed by atoms with E-state index in [1.165, 1.54) is 20.9 Å². The Bertz CT molecular complexity index is 1440. The van der Waals surface area contributed by atoms with E-state index in [0.29, 0.717) is 5.75 Å². The van der Waals surface area contributed by atoms with Gasteiger partial charge in [0.2, 0.25) is 0 Å². The van der Waals surface area contributed by atoms with Gasteiger partial charge in [-0.3, -0.25) is 0 Å². The van der Waals surface area contributed by atoms with Crippen molar-refractivity contribution in [3.05, 3.63) is 131 Å². The van der Waals surface area contributed by atoms with Gasteiger partial charge in [0.05, 0.1) is 10.9 Å². The molecule has 0 aliphatic heterocycles. The van der Waals surface area contributed by atoms with Gasteiger partial charge in [-0.1, -0.05) is 38.1 Å². The zero-order chi connectivity index (χ0) is 28.1. The molecule has 0 aliphatic carbocycles. The molecule has 0 aliphatic rings. The fraction of sp³-hybridized carbons (Fsp3) is 0.167. The van der Waals surface area contributed by atoms with E-state index in [0.717, 1.165) is 51.9 Å². The van der Waals surface area contributed by atoms with Crippen molar-refractivity contribution < 1.29 is 14.6 Å². The molecule has 0 heterocycles. The second-order valence-electron chi connectivity index (χ2n) is 9.85. The van der Waals surface area contributed by atoms with E-state index in [9.17, 15) is 5.11 Å². The third-order valence-electron chi connectivity index (χ3n) is 6.95. The normalized spacial score (nSPS) is 11.0. The smallest absolute Gasteiger partial charge is 0.167 e. The number of rotatable bonds is 9. The van der Waals surface area contributed by atoms with Crippen molar-refractivity contribution >= 4 is 10.9 Å². The maximum absolute atomic E-state index is 10.4. The highest BCUT2D eigenvalue weighted by atomic mass is 32.2. The average molecular weight is 548 g/mol. The Morgan fingerprint density at radius 1 is 0.500 bits per heavy atom. The molecule has 0 fully saturated rings. The number of phenolic OH excluding ortho intramolecular Hbond substituents is 1. The second kappa shape index (κ2) is 12.4. The number of aryl methyl sites for hydroxylation is 4. The molecule has 5 rings (SSSR count). The van der Waals surface area contributed by atoms with Gasteiger partial charge in [0.15, 0.2) is 14.7 Å². The summed E-state index contributed by atoms with van der Waals surface area (Å²) in [6, 6.07) is 37.3. The molecule has 0 spiro atoms. The van der Waals surface area contributed by atoms with Crippen LogP contribution in [-0.4, -0.2) is 5.11 Å². The molecule has 202 valence electrons. The third-order valence-corrected chi connectivity index (χ3v) is 9.15.